The van der Waals surface area contributed by atoms with Gasteiger partial charge in [0.25, 0.3) is 0 Å². The van der Waals surface area contributed by atoms with E-state index in [0.717, 1.165) is 5.56 Å². The molecule has 5 nitrogen and oxygen atoms in total. The Bertz CT molecular complexity index is 405. The van der Waals surface area contributed by atoms with Crippen LogP contribution in [-0.4, -0.2) is 22.0 Å². The van der Waals surface area contributed by atoms with E-state index in [4.69, 9.17) is 9.84 Å². The van der Waals surface area contributed by atoms with E-state index in [-0.39, 0.29) is 19.0 Å². The number of hydrogen-bond acceptors (Lipinski definition) is 4. The van der Waals surface area contributed by atoms with Gasteiger partial charge in [-0.1, -0.05) is 19.9 Å². The zero-order valence-electron chi connectivity index (χ0n) is 10.5. The highest BCUT2D eigenvalue weighted by Gasteiger charge is 2.21. The fourth-order valence-corrected chi connectivity index (χ4v) is 1.51. The second-order valence-corrected chi connectivity index (χ2v) is 4.35. The molecule has 1 rings (SSSR count). The first-order chi connectivity index (χ1) is 8.50. The number of rotatable bonds is 6. The molecule has 0 saturated heterocycles. The van der Waals surface area contributed by atoms with E-state index in [9.17, 15) is 9.59 Å². The van der Waals surface area contributed by atoms with Gasteiger partial charge in [-0.25, -0.2) is 0 Å². The van der Waals surface area contributed by atoms with E-state index in [0.29, 0.717) is 0 Å². The Morgan fingerprint density at radius 1 is 1.39 bits per heavy atom. The molecule has 0 unspecified atom stereocenters. The van der Waals surface area contributed by atoms with Gasteiger partial charge in [0.1, 0.15) is 6.61 Å². The number of esters is 1. The monoisotopic (exact) mass is 251 g/mol. The predicted octanol–water partition coefficient (Wildman–Crippen LogP) is 1.87. The van der Waals surface area contributed by atoms with Gasteiger partial charge in [-0.15, -0.1) is 0 Å². The average Bonchev–Trinajstić information content (AvgIpc) is 2.36. The average molecular weight is 251 g/mol. The van der Waals surface area contributed by atoms with Crippen molar-refractivity contribution in [2.75, 3.05) is 0 Å². The fourth-order valence-electron chi connectivity index (χ4n) is 1.51. The summed E-state index contributed by atoms with van der Waals surface area (Å²) in [5.41, 5.74) is 0.810. The smallest absolute Gasteiger partial charge is 0.309 e. The van der Waals surface area contributed by atoms with E-state index in [1.165, 1.54) is 0 Å². The molecule has 0 aliphatic carbocycles. The Balaban J connectivity index is 2.39. The third kappa shape index (κ3) is 4.53. The highest BCUT2D eigenvalue weighted by Crippen LogP contribution is 2.14. The Kier molecular flexibility index (Phi) is 5.30. The van der Waals surface area contributed by atoms with Gasteiger partial charge in [0.2, 0.25) is 0 Å². The quantitative estimate of drug-likeness (QED) is 0.781. The summed E-state index contributed by atoms with van der Waals surface area (Å²) in [4.78, 5) is 26.2. The van der Waals surface area contributed by atoms with Crippen molar-refractivity contribution in [2.24, 2.45) is 11.8 Å². The Morgan fingerprint density at radius 3 is 2.67 bits per heavy atom. The zero-order valence-corrected chi connectivity index (χ0v) is 10.5. The van der Waals surface area contributed by atoms with Crippen LogP contribution >= 0.6 is 0 Å². The molecule has 0 aromatic carbocycles. The molecule has 1 heterocycles. The molecule has 0 aliphatic rings. The number of pyridine rings is 1. The first-order valence-electron chi connectivity index (χ1n) is 5.79. The van der Waals surface area contributed by atoms with Crippen molar-refractivity contribution in [3.63, 3.8) is 0 Å². The Morgan fingerprint density at radius 2 is 2.11 bits per heavy atom. The molecule has 1 N–H and O–H groups in total. The second kappa shape index (κ2) is 6.74. The van der Waals surface area contributed by atoms with Crippen LogP contribution in [0.25, 0.3) is 0 Å². The van der Waals surface area contributed by atoms with E-state index in [2.05, 4.69) is 4.98 Å². The van der Waals surface area contributed by atoms with Crippen LogP contribution in [0, 0.1) is 11.8 Å². The maximum absolute atomic E-state index is 11.6. The summed E-state index contributed by atoms with van der Waals surface area (Å²) >= 11 is 0. The van der Waals surface area contributed by atoms with Gasteiger partial charge < -0.3 is 9.84 Å². The molecule has 98 valence electrons. The first-order valence-corrected chi connectivity index (χ1v) is 5.79. The molecule has 0 saturated carbocycles. The standard InChI is InChI=1S/C13H17NO4/c1-9(12(15)16)6-10(2)13(17)18-8-11-4-3-5-14-7-11/h3-5,7,9-10H,6,8H2,1-2H3,(H,15,16)/t9-,10-/m1/s1. The van der Waals surface area contributed by atoms with Crippen LogP contribution in [0.5, 0.6) is 0 Å². The molecule has 0 fully saturated rings. The molecule has 0 spiro atoms. The molecule has 0 radical (unpaired) electrons. The van der Waals surface area contributed by atoms with Crippen molar-refractivity contribution in [3.8, 4) is 0 Å². The van der Waals surface area contributed by atoms with Gasteiger partial charge in [-0.2, -0.15) is 0 Å². The van der Waals surface area contributed by atoms with Gasteiger partial charge >= 0.3 is 11.9 Å². The molecule has 5 heteroatoms. The first kappa shape index (κ1) is 14.2. The molecule has 1 aromatic rings. The number of aromatic nitrogens is 1. The summed E-state index contributed by atoms with van der Waals surface area (Å²) < 4.78 is 5.10. The van der Waals surface area contributed by atoms with Crippen LogP contribution < -0.4 is 0 Å². The van der Waals surface area contributed by atoms with Crippen molar-refractivity contribution < 1.29 is 19.4 Å². The maximum atomic E-state index is 11.6. The van der Waals surface area contributed by atoms with Crippen LogP contribution in [0.1, 0.15) is 25.8 Å². The summed E-state index contributed by atoms with van der Waals surface area (Å²) in [6, 6.07) is 3.57. The summed E-state index contributed by atoms with van der Waals surface area (Å²) in [5, 5.41) is 8.76. The predicted molar refractivity (Wildman–Crippen MR) is 64.6 cm³/mol. The third-order valence-electron chi connectivity index (χ3n) is 2.63. The van der Waals surface area contributed by atoms with Gasteiger partial charge in [-0.3, -0.25) is 14.6 Å². The van der Waals surface area contributed by atoms with Crippen LogP contribution in [0.4, 0.5) is 0 Å². The Hall–Kier alpha value is -1.91. The number of nitrogens with zero attached hydrogens (tertiary/aromatic N) is 1. The van der Waals surface area contributed by atoms with Gasteiger partial charge in [-0.05, 0) is 12.5 Å². The van der Waals surface area contributed by atoms with Crippen LogP contribution in [0.3, 0.4) is 0 Å². The minimum Gasteiger partial charge on any atom is -0.481 e. The van der Waals surface area contributed by atoms with Gasteiger partial charge in [0.15, 0.2) is 0 Å². The second-order valence-electron chi connectivity index (χ2n) is 4.35. The number of carboxylic acids is 1. The summed E-state index contributed by atoms with van der Waals surface area (Å²) in [7, 11) is 0. The molecule has 1 aromatic heterocycles. The van der Waals surface area contributed by atoms with Crippen molar-refractivity contribution in [2.45, 2.75) is 26.9 Å². The lowest BCUT2D eigenvalue weighted by molar-refractivity contribution is -0.150. The molecular weight excluding hydrogens is 234 g/mol. The lowest BCUT2D eigenvalue weighted by atomic mass is 9.98. The molecule has 18 heavy (non-hydrogen) atoms. The van der Waals surface area contributed by atoms with E-state index in [1.54, 1.807) is 32.3 Å². The SMILES string of the molecule is C[C@H](C[C@@H](C)C(=O)OCc1cccnc1)C(=O)O. The van der Waals surface area contributed by atoms with Crippen LogP contribution in [0.2, 0.25) is 0 Å². The van der Waals surface area contributed by atoms with E-state index < -0.39 is 17.8 Å². The number of carbonyl (C=O) groups excluding carboxylic acids is 1. The maximum Gasteiger partial charge on any atom is 0.309 e. The third-order valence-corrected chi connectivity index (χ3v) is 2.63. The van der Waals surface area contributed by atoms with Crippen molar-refractivity contribution >= 4 is 11.9 Å². The largest absolute Gasteiger partial charge is 0.481 e. The number of aliphatic carboxylic acids is 1. The highest BCUT2D eigenvalue weighted by molar-refractivity contribution is 5.74. The number of carboxylic acid groups (broad SMARTS) is 1. The normalized spacial score (nSPS) is 13.7. The van der Waals surface area contributed by atoms with Crippen molar-refractivity contribution in [1.29, 1.82) is 0 Å². The van der Waals surface area contributed by atoms with E-state index in [1.807, 2.05) is 6.07 Å². The minimum absolute atomic E-state index is 0.165. The molecule has 0 aliphatic heterocycles. The summed E-state index contributed by atoms with van der Waals surface area (Å²) in [6.45, 7) is 3.41. The van der Waals surface area contributed by atoms with Crippen LogP contribution in [0.15, 0.2) is 24.5 Å². The van der Waals surface area contributed by atoms with E-state index >= 15 is 0 Å². The topological polar surface area (TPSA) is 76.5 Å². The van der Waals surface area contributed by atoms with Crippen molar-refractivity contribution in [3.05, 3.63) is 30.1 Å². The lowest BCUT2D eigenvalue weighted by Crippen LogP contribution is -2.20. The number of ether oxygens (including phenoxy) is 1. The number of carbonyl (C=O) groups is 2. The molecule has 0 bridgehead atoms. The number of hydrogen-bond donors (Lipinski definition) is 1. The zero-order chi connectivity index (χ0) is 13.5. The summed E-state index contributed by atoms with van der Waals surface area (Å²) in [6.07, 6.45) is 3.54. The molecular formula is C13H17NO4. The van der Waals surface area contributed by atoms with Crippen LogP contribution in [-0.2, 0) is 20.9 Å². The molecule has 2 atom stereocenters. The van der Waals surface area contributed by atoms with Gasteiger partial charge in [0.05, 0.1) is 11.8 Å². The van der Waals surface area contributed by atoms with Crippen molar-refractivity contribution in [1.82, 2.24) is 4.98 Å². The van der Waals surface area contributed by atoms with Gasteiger partial charge in [0, 0.05) is 18.0 Å². The highest BCUT2D eigenvalue weighted by atomic mass is 16.5. The minimum atomic E-state index is -0.901. The fraction of sp³-hybridized carbons (Fsp3) is 0.462. The summed E-state index contributed by atoms with van der Waals surface area (Å²) in [5.74, 6) is -2.26. The lowest BCUT2D eigenvalue weighted by Gasteiger charge is -2.13. The molecule has 0 amide bonds. The Labute approximate surface area is 106 Å².